The summed E-state index contributed by atoms with van der Waals surface area (Å²) in [4.78, 5) is 24.1. The summed E-state index contributed by atoms with van der Waals surface area (Å²) < 4.78 is 11.5. The van der Waals surface area contributed by atoms with Gasteiger partial charge in [-0.3, -0.25) is 9.59 Å². The Bertz CT molecular complexity index is 1280. The summed E-state index contributed by atoms with van der Waals surface area (Å²) in [5.74, 6) is -0.0995. The summed E-state index contributed by atoms with van der Waals surface area (Å²) in [5, 5.41) is 8.17. The molecule has 0 aliphatic heterocycles. The molecule has 0 heterocycles. The maximum atomic E-state index is 12.1. The van der Waals surface area contributed by atoms with Crippen LogP contribution in [-0.2, 0) is 16.2 Å². The van der Waals surface area contributed by atoms with Crippen LogP contribution in [0.25, 0.3) is 0 Å². The number of carbonyl (C=O) groups is 2. The van der Waals surface area contributed by atoms with E-state index in [2.05, 4.69) is 15.8 Å². The standard InChI is InChI=1S/C25H21Cl4N3O4/c1-2-35-23-9-15(3-8-22(23)36-14-16-4-5-17(26)10-20(16)28)13-30-32-25(34)12-24(33)31-18-6-7-19(27)21(29)11-18/h3-11,13H,2,12,14H2,1H3,(H,31,33)(H,32,34). The van der Waals surface area contributed by atoms with Crippen molar-refractivity contribution in [2.75, 3.05) is 11.9 Å². The molecule has 3 aromatic rings. The second-order valence-corrected chi connectivity index (χ2v) is 8.97. The fraction of sp³-hybridized carbons (Fsp3) is 0.160. The quantitative estimate of drug-likeness (QED) is 0.161. The zero-order chi connectivity index (χ0) is 26.1. The van der Waals surface area contributed by atoms with Crippen LogP contribution < -0.4 is 20.2 Å². The van der Waals surface area contributed by atoms with Crippen LogP contribution in [0.2, 0.25) is 20.1 Å². The molecular formula is C25H21Cl4N3O4. The number of ether oxygens (including phenoxy) is 2. The van der Waals surface area contributed by atoms with Gasteiger partial charge in [0.15, 0.2) is 11.5 Å². The number of hydrogen-bond donors (Lipinski definition) is 2. The molecule has 11 heteroatoms. The minimum Gasteiger partial charge on any atom is -0.490 e. The Morgan fingerprint density at radius 2 is 1.67 bits per heavy atom. The van der Waals surface area contributed by atoms with Gasteiger partial charge in [0, 0.05) is 21.3 Å². The minimum atomic E-state index is -0.589. The van der Waals surface area contributed by atoms with Crippen LogP contribution in [0.15, 0.2) is 59.7 Å². The van der Waals surface area contributed by atoms with E-state index in [0.29, 0.717) is 49.4 Å². The Labute approximate surface area is 228 Å². The van der Waals surface area contributed by atoms with Crippen LogP contribution in [0.4, 0.5) is 5.69 Å². The van der Waals surface area contributed by atoms with Crippen molar-refractivity contribution in [1.29, 1.82) is 0 Å². The fourth-order valence-electron chi connectivity index (χ4n) is 2.93. The first-order chi connectivity index (χ1) is 17.2. The normalized spacial score (nSPS) is 10.8. The van der Waals surface area contributed by atoms with Crippen molar-refractivity contribution in [3.05, 3.63) is 85.8 Å². The lowest BCUT2D eigenvalue weighted by atomic mass is 10.2. The topological polar surface area (TPSA) is 89.0 Å². The number of amides is 2. The van der Waals surface area contributed by atoms with Crippen molar-refractivity contribution >= 4 is 70.1 Å². The predicted molar refractivity (Wildman–Crippen MR) is 144 cm³/mol. The highest BCUT2D eigenvalue weighted by Gasteiger charge is 2.11. The molecular weight excluding hydrogens is 548 g/mol. The third-order valence-electron chi connectivity index (χ3n) is 4.59. The summed E-state index contributed by atoms with van der Waals surface area (Å²) in [7, 11) is 0. The predicted octanol–water partition coefficient (Wildman–Crippen LogP) is 6.76. The fourth-order valence-corrected chi connectivity index (χ4v) is 3.69. The highest BCUT2D eigenvalue weighted by atomic mass is 35.5. The summed E-state index contributed by atoms with van der Waals surface area (Å²) in [5.41, 5.74) is 4.17. The SMILES string of the molecule is CCOc1cc(C=NNC(=O)CC(=O)Nc2ccc(Cl)c(Cl)c2)ccc1OCc1ccc(Cl)cc1Cl. The van der Waals surface area contributed by atoms with Gasteiger partial charge in [-0.05, 0) is 61.0 Å². The van der Waals surface area contributed by atoms with E-state index in [1.165, 1.54) is 12.3 Å². The second kappa shape index (κ2) is 13.4. The van der Waals surface area contributed by atoms with Gasteiger partial charge >= 0.3 is 0 Å². The van der Waals surface area contributed by atoms with E-state index in [1.54, 1.807) is 48.5 Å². The van der Waals surface area contributed by atoms with Gasteiger partial charge < -0.3 is 14.8 Å². The average Bonchev–Trinajstić information content (AvgIpc) is 2.82. The monoisotopic (exact) mass is 567 g/mol. The van der Waals surface area contributed by atoms with Crippen LogP contribution in [0.5, 0.6) is 11.5 Å². The zero-order valence-electron chi connectivity index (χ0n) is 19.0. The van der Waals surface area contributed by atoms with Crippen molar-refractivity contribution in [3.63, 3.8) is 0 Å². The third kappa shape index (κ3) is 8.31. The third-order valence-corrected chi connectivity index (χ3v) is 5.92. The number of carbonyl (C=O) groups excluding carboxylic acids is 2. The molecule has 0 radical (unpaired) electrons. The Balaban J connectivity index is 1.55. The molecule has 3 rings (SSSR count). The van der Waals surface area contributed by atoms with Gasteiger partial charge in [0.25, 0.3) is 0 Å². The molecule has 2 amide bonds. The molecule has 0 spiro atoms. The van der Waals surface area contributed by atoms with Gasteiger partial charge in [-0.2, -0.15) is 5.10 Å². The molecule has 0 saturated heterocycles. The van der Waals surface area contributed by atoms with Gasteiger partial charge in [0.1, 0.15) is 13.0 Å². The van der Waals surface area contributed by atoms with Crippen molar-refractivity contribution < 1.29 is 19.1 Å². The zero-order valence-corrected chi connectivity index (χ0v) is 22.0. The smallest absolute Gasteiger partial charge is 0.249 e. The summed E-state index contributed by atoms with van der Waals surface area (Å²) >= 11 is 23.9. The summed E-state index contributed by atoms with van der Waals surface area (Å²) in [6.07, 6.45) is 0.999. The number of hydrazone groups is 1. The van der Waals surface area contributed by atoms with E-state index in [1.807, 2.05) is 6.92 Å². The molecule has 0 aliphatic rings. The van der Waals surface area contributed by atoms with Crippen molar-refractivity contribution in [3.8, 4) is 11.5 Å². The van der Waals surface area contributed by atoms with Gasteiger partial charge in [0.2, 0.25) is 11.8 Å². The van der Waals surface area contributed by atoms with Gasteiger partial charge in [-0.1, -0.05) is 52.5 Å². The van der Waals surface area contributed by atoms with Crippen LogP contribution in [0.3, 0.4) is 0 Å². The van der Waals surface area contributed by atoms with E-state index in [0.717, 1.165) is 5.56 Å². The summed E-state index contributed by atoms with van der Waals surface area (Å²) in [6.45, 7) is 2.50. The van der Waals surface area contributed by atoms with Crippen molar-refractivity contribution in [2.24, 2.45) is 5.10 Å². The first-order valence-corrected chi connectivity index (χ1v) is 12.2. The molecule has 188 valence electrons. The lowest BCUT2D eigenvalue weighted by molar-refractivity contribution is -0.126. The number of nitrogens with one attached hydrogen (secondary N) is 2. The molecule has 0 aromatic heterocycles. The largest absolute Gasteiger partial charge is 0.490 e. The first-order valence-electron chi connectivity index (χ1n) is 10.7. The number of anilines is 1. The van der Waals surface area contributed by atoms with E-state index in [4.69, 9.17) is 55.9 Å². The molecule has 0 fully saturated rings. The number of nitrogens with zero attached hydrogens (tertiary/aromatic N) is 1. The molecule has 0 aliphatic carbocycles. The number of benzene rings is 3. The van der Waals surface area contributed by atoms with Crippen molar-refractivity contribution in [2.45, 2.75) is 20.0 Å². The first kappa shape index (κ1) is 27.6. The van der Waals surface area contributed by atoms with Gasteiger partial charge in [-0.15, -0.1) is 0 Å². The van der Waals surface area contributed by atoms with E-state index < -0.39 is 18.2 Å². The molecule has 0 bridgehead atoms. The molecule has 0 atom stereocenters. The number of halogens is 4. The molecule has 0 unspecified atom stereocenters. The van der Waals surface area contributed by atoms with E-state index in [9.17, 15) is 9.59 Å². The summed E-state index contributed by atoms with van der Waals surface area (Å²) in [6, 6.07) is 15.0. The van der Waals surface area contributed by atoms with Crippen molar-refractivity contribution in [1.82, 2.24) is 5.43 Å². The maximum Gasteiger partial charge on any atom is 0.249 e. The van der Waals surface area contributed by atoms with Crippen LogP contribution in [0.1, 0.15) is 24.5 Å². The Morgan fingerprint density at radius 1 is 0.861 bits per heavy atom. The van der Waals surface area contributed by atoms with Crippen LogP contribution in [-0.4, -0.2) is 24.6 Å². The van der Waals surface area contributed by atoms with Crippen LogP contribution in [0, 0.1) is 0 Å². The lowest BCUT2D eigenvalue weighted by Crippen LogP contribution is -2.24. The molecule has 0 saturated carbocycles. The molecule has 3 aromatic carbocycles. The van der Waals surface area contributed by atoms with Gasteiger partial charge in [-0.25, -0.2) is 5.43 Å². The Morgan fingerprint density at radius 3 is 2.39 bits per heavy atom. The highest BCUT2D eigenvalue weighted by molar-refractivity contribution is 6.42. The maximum absolute atomic E-state index is 12.1. The number of rotatable bonds is 10. The molecule has 2 N–H and O–H groups in total. The lowest BCUT2D eigenvalue weighted by Gasteiger charge is -2.13. The minimum absolute atomic E-state index is 0.226. The average molecular weight is 569 g/mol. The molecule has 7 nitrogen and oxygen atoms in total. The van der Waals surface area contributed by atoms with Gasteiger partial charge in [0.05, 0.1) is 22.9 Å². The Hall–Kier alpha value is -2.97. The van der Waals surface area contributed by atoms with E-state index in [-0.39, 0.29) is 6.61 Å². The van der Waals surface area contributed by atoms with E-state index >= 15 is 0 Å². The second-order valence-electron chi connectivity index (χ2n) is 7.31. The number of hydrogen-bond acceptors (Lipinski definition) is 5. The molecule has 36 heavy (non-hydrogen) atoms. The highest BCUT2D eigenvalue weighted by Crippen LogP contribution is 2.30. The Kier molecular flexibility index (Phi) is 10.3. The van der Waals surface area contributed by atoms with Crippen LogP contribution >= 0.6 is 46.4 Å².